The second-order valence-corrected chi connectivity index (χ2v) is 8.59. The van der Waals surface area contributed by atoms with Crippen LogP contribution in [0.3, 0.4) is 0 Å². The molecule has 0 saturated heterocycles. The van der Waals surface area contributed by atoms with Gasteiger partial charge in [-0.1, -0.05) is 32.0 Å². The van der Waals surface area contributed by atoms with Gasteiger partial charge >= 0.3 is 5.97 Å². The molecule has 6 nitrogen and oxygen atoms in total. The molecule has 1 atom stereocenters. The van der Waals surface area contributed by atoms with Gasteiger partial charge in [0.15, 0.2) is 17.3 Å². The lowest BCUT2D eigenvalue weighted by Gasteiger charge is -2.34. The molecule has 30 heavy (non-hydrogen) atoms. The summed E-state index contributed by atoms with van der Waals surface area (Å²) in [6.45, 7) is 5.58. The van der Waals surface area contributed by atoms with Crippen molar-refractivity contribution >= 4 is 23.1 Å². The van der Waals surface area contributed by atoms with Gasteiger partial charge in [0.25, 0.3) is 0 Å². The molecule has 0 bridgehead atoms. The minimum absolute atomic E-state index is 0.108. The minimum atomic E-state index is -0.415. The maximum Gasteiger partial charge on any atom is 0.308 e. The number of fused-ring (bicyclic) bond motifs is 1. The van der Waals surface area contributed by atoms with E-state index in [0.29, 0.717) is 17.9 Å². The van der Waals surface area contributed by atoms with E-state index in [1.54, 1.807) is 6.07 Å². The van der Waals surface area contributed by atoms with Crippen LogP contribution in [0, 0.1) is 5.41 Å². The highest BCUT2D eigenvalue weighted by atomic mass is 16.6. The first kappa shape index (κ1) is 20.0. The number of hydrogen-bond acceptors (Lipinski definition) is 6. The Hall–Kier alpha value is -3.28. The van der Waals surface area contributed by atoms with Gasteiger partial charge in [-0.25, -0.2) is 0 Å². The monoisotopic (exact) mass is 406 g/mol. The molecule has 0 amide bonds. The van der Waals surface area contributed by atoms with Crippen molar-refractivity contribution in [2.24, 2.45) is 5.41 Å². The van der Waals surface area contributed by atoms with Crippen molar-refractivity contribution in [2.45, 2.75) is 39.7 Å². The molecule has 1 aliphatic heterocycles. The molecule has 1 heterocycles. The van der Waals surface area contributed by atoms with E-state index in [1.807, 2.05) is 36.4 Å². The van der Waals surface area contributed by atoms with Crippen molar-refractivity contribution < 1.29 is 19.1 Å². The van der Waals surface area contributed by atoms with Crippen LogP contribution in [-0.2, 0) is 9.59 Å². The van der Waals surface area contributed by atoms with E-state index < -0.39 is 5.97 Å². The number of carbonyl (C=O) groups excluding carboxylic acids is 2. The number of ether oxygens (including phenoxy) is 2. The molecular formula is C24H26N2O4. The molecular weight excluding hydrogens is 380 g/mol. The quantitative estimate of drug-likeness (QED) is 0.561. The Labute approximate surface area is 176 Å². The second kappa shape index (κ2) is 7.52. The number of allylic oxidation sites excluding steroid dienone is 1. The second-order valence-electron chi connectivity index (χ2n) is 8.59. The van der Waals surface area contributed by atoms with Crippen molar-refractivity contribution in [1.82, 2.24) is 0 Å². The third kappa shape index (κ3) is 3.77. The van der Waals surface area contributed by atoms with E-state index in [-0.39, 0.29) is 17.2 Å². The molecule has 0 saturated carbocycles. The van der Waals surface area contributed by atoms with E-state index in [1.165, 1.54) is 14.0 Å². The summed E-state index contributed by atoms with van der Waals surface area (Å²) in [5.41, 5.74) is 4.31. The number of methoxy groups -OCH3 is 1. The fraction of sp³-hybridized carbons (Fsp3) is 0.333. The van der Waals surface area contributed by atoms with E-state index in [2.05, 4.69) is 24.5 Å². The van der Waals surface area contributed by atoms with Crippen LogP contribution in [0.4, 0.5) is 11.4 Å². The first-order chi connectivity index (χ1) is 14.3. The number of hydrogen-bond donors (Lipinski definition) is 2. The number of rotatable bonds is 3. The zero-order valence-corrected chi connectivity index (χ0v) is 17.7. The maximum absolute atomic E-state index is 13.3. The molecule has 0 aromatic heterocycles. The van der Waals surface area contributed by atoms with Gasteiger partial charge < -0.3 is 20.1 Å². The van der Waals surface area contributed by atoms with Gasteiger partial charge in [0, 0.05) is 24.6 Å². The highest BCUT2D eigenvalue weighted by molar-refractivity contribution is 6.01. The fourth-order valence-corrected chi connectivity index (χ4v) is 4.24. The minimum Gasteiger partial charge on any atom is -0.493 e. The number of anilines is 2. The number of carbonyl (C=O) groups is 2. The lowest BCUT2D eigenvalue weighted by atomic mass is 9.73. The third-order valence-corrected chi connectivity index (χ3v) is 5.50. The molecule has 156 valence electrons. The molecule has 1 aliphatic carbocycles. The predicted molar refractivity (Wildman–Crippen MR) is 116 cm³/mol. The molecule has 2 N–H and O–H groups in total. The summed E-state index contributed by atoms with van der Waals surface area (Å²) < 4.78 is 10.7. The van der Waals surface area contributed by atoms with Gasteiger partial charge in [-0.15, -0.1) is 0 Å². The van der Waals surface area contributed by atoms with Crippen molar-refractivity contribution in [1.29, 1.82) is 0 Å². The van der Waals surface area contributed by atoms with Crippen molar-refractivity contribution in [3.8, 4) is 11.5 Å². The summed E-state index contributed by atoms with van der Waals surface area (Å²) in [5, 5.41) is 7.05. The number of Topliss-reactive ketones (excluding diaryl/α,β-unsaturated/α-hetero) is 1. The van der Waals surface area contributed by atoms with Crippen LogP contribution in [0.5, 0.6) is 11.5 Å². The molecule has 4 rings (SSSR count). The van der Waals surface area contributed by atoms with Crippen LogP contribution in [0.2, 0.25) is 0 Å². The van der Waals surface area contributed by atoms with Crippen LogP contribution in [0.15, 0.2) is 53.7 Å². The van der Waals surface area contributed by atoms with Gasteiger partial charge in [-0.3, -0.25) is 9.59 Å². The summed E-state index contributed by atoms with van der Waals surface area (Å²) in [4.78, 5) is 24.7. The van der Waals surface area contributed by atoms with Gasteiger partial charge in [0.1, 0.15) is 0 Å². The molecule has 2 aliphatic rings. The van der Waals surface area contributed by atoms with Crippen LogP contribution in [0.1, 0.15) is 45.2 Å². The number of esters is 1. The largest absolute Gasteiger partial charge is 0.493 e. The Morgan fingerprint density at radius 2 is 1.80 bits per heavy atom. The number of nitrogens with one attached hydrogen (secondary N) is 2. The lowest BCUT2D eigenvalue weighted by Crippen LogP contribution is -2.31. The van der Waals surface area contributed by atoms with E-state index in [0.717, 1.165) is 34.6 Å². The maximum atomic E-state index is 13.3. The van der Waals surface area contributed by atoms with E-state index in [9.17, 15) is 9.59 Å². The average molecular weight is 406 g/mol. The predicted octanol–water partition coefficient (Wildman–Crippen LogP) is 4.84. The molecule has 0 spiro atoms. The Morgan fingerprint density at radius 3 is 2.50 bits per heavy atom. The summed E-state index contributed by atoms with van der Waals surface area (Å²) in [5.74, 6) is 0.510. The molecule has 0 radical (unpaired) electrons. The number of benzene rings is 2. The van der Waals surface area contributed by atoms with Crippen molar-refractivity contribution in [3.63, 3.8) is 0 Å². The van der Waals surface area contributed by atoms with Crippen LogP contribution in [0.25, 0.3) is 0 Å². The molecule has 2 aromatic carbocycles. The zero-order chi connectivity index (χ0) is 21.5. The fourth-order valence-electron chi connectivity index (χ4n) is 4.24. The van der Waals surface area contributed by atoms with Crippen molar-refractivity contribution in [3.05, 3.63) is 59.3 Å². The normalized spacial score (nSPS) is 19.6. The highest BCUT2D eigenvalue weighted by Gasteiger charge is 2.38. The summed E-state index contributed by atoms with van der Waals surface area (Å²) in [6.07, 6.45) is 1.27. The molecule has 0 unspecified atom stereocenters. The first-order valence-corrected chi connectivity index (χ1v) is 10.0. The van der Waals surface area contributed by atoms with Gasteiger partial charge in [-0.05, 0) is 41.7 Å². The summed E-state index contributed by atoms with van der Waals surface area (Å²) in [6, 6.07) is 13.0. The van der Waals surface area contributed by atoms with Gasteiger partial charge in [0.05, 0.1) is 24.5 Å². The number of para-hydroxylation sites is 2. The van der Waals surface area contributed by atoms with Crippen LogP contribution < -0.4 is 20.1 Å². The lowest BCUT2D eigenvalue weighted by molar-refractivity contribution is -0.132. The Kier molecular flexibility index (Phi) is 5.02. The number of ketones is 1. The molecule has 2 aromatic rings. The SMILES string of the molecule is COc1cc([C@H]2Nc3ccccc3NC3=C2C(=O)CC(C)(C)C3)ccc1OC(C)=O. The summed E-state index contributed by atoms with van der Waals surface area (Å²) in [7, 11) is 1.53. The van der Waals surface area contributed by atoms with Crippen molar-refractivity contribution in [2.75, 3.05) is 17.7 Å². The molecule has 0 fully saturated rings. The van der Waals surface area contributed by atoms with Gasteiger partial charge in [-0.2, -0.15) is 0 Å². The zero-order valence-electron chi connectivity index (χ0n) is 17.7. The molecule has 6 heteroatoms. The van der Waals surface area contributed by atoms with E-state index in [4.69, 9.17) is 9.47 Å². The Balaban J connectivity index is 1.84. The van der Waals surface area contributed by atoms with Crippen LogP contribution in [-0.4, -0.2) is 18.9 Å². The van der Waals surface area contributed by atoms with Gasteiger partial charge in [0.2, 0.25) is 0 Å². The van der Waals surface area contributed by atoms with Crippen LogP contribution >= 0.6 is 0 Å². The topological polar surface area (TPSA) is 76.7 Å². The standard InChI is InChI=1S/C24H26N2O4/c1-14(27)30-20-10-9-15(11-21(20)29-4)23-22-18(12-24(2,3)13-19(22)28)25-16-7-5-6-8-17(16)26-23/h5-11,23,25-26H,12-13H2,1-4H3/t23-/m1/s1. The summed E-state index contributed by atoms with van der Waals surface area (Å²) >= 11 is 0. The van der Waals surface area contributed by atoms with E-state index >= 15 is 0 Å². The smallest absolute Gasteiger partial charge is 0.308 e. The Morgan fingerprint density at radius 1 is 1.07 bits per heavy atom. The first-order valence-electron chi connectivity index (χ1n) is 10.0. The average Bonchev–Trinajstić information content (AvgIpc) is 2.83. The highest BCUT2D eigenvalue weighted by Crippen LogP contribution is 2.46. The third-order valence-electron chi connectivity index (χ3n) is 5.50. The Bertz CT molecular complexity index is 1050.